The number of hydrogen-bond acceptors (Lipinski definition) is 2. The monoisotopic (exact) mass is 406 g/mol. The molecule has 0 N–H and O–H groups in total. The summed E-state index contributed by atoms with van der Waals surface area (Å²) in [6.45, 7) is 8.55. The molecule has 1 aliphatic rings. The molecule has 1 aliphatic heterocycles. The van der Waals surface area contributed by atoms with Crippen LogP contribution in [0.1, 0.15) is 44.7 Å². The maximum atomic E-state index is 13.4. The molecule has 3 rings (SSSR count). The Balaban J connectivity index is 1.65. The zero-order valence-corrected chi connectivity index (χ0v) is 18.5. The van der Waals surface area contributed by atoms with E-state index in [0.29, 0.717) is 26.2 Å². The van der Waals surface area contributed by atoms with Gasteiger partial charge >= 0.3 is 0 Å². The van der Waals surface area contributed by atoms with Gasteiger partial charge in [0.05, 0.1) is 0 Å². The van der Waals surface area contributed by atoms with E-state index in [2.05, 4.69) is 24.3 Å². The molecule has 0 bridgehead atoms. The van der Waals surface area contributed by atoms with Crippen molar-refractivity contribution in [2.45, 2.75) is 46.6 Å². The Morgan fingerprint density at radius 1 is 0.900 bits per heavy atom. The highest BCUT2D eigenvalue weighted by Gasteiger charge is 2.33. The summed E-state index contributed by atoms with van der Waals surface area (Å²) in [6, 6.07) is 20.5. The molecule has 1 saturated heterocycles. The largest absolute Gasteiger partial charge is 0.342 e. The number of nitrogens with zero attached hydrogens (tertiary/aromatic N) is 2. The topological polar surface area (TPSA) is 40.6 Å². The molecule has 0 saturated carbocycles. The standard InChI is InChI=1S/C26H34N2O2/c1-26(2,3)25(30)27-18-15-23(16-19-27)24(29)28(20-22-12-8-5-9-13-22)17-14-21-10-6-4-7-11-21/h4-13,23H,14-20H2,1-3H3. The molecular weight excluding hydrogens is 372 g/mol. The zero-order valence-electron chi connectivity index (χ0n) is 18.5. The lowest BCUT2D eigenvalue weighted by Crippen LogP contribution is -2.47. The Hall–Kier alpha value is -2.62. The second kappa shape index (κ2) is 9.92. The van der Waals surface area contributed by atoms with Gasteiger partial charge in [-0.05, 0) is 30.4 Å². The minimum absolute atomic E-state index is 0.00601. The quantitative estimate of drug-likeness (QED) is 0.706. The fraction of sp³-hybridized carbons (Fsp3) is 0.462. The summed E-state index contributed by atoms with van der Waals surface area (Å²) in [7, 11) is 0. The van der Waals surface area contributed by atoms with E-state index in [0.717, 1.165) is 24.8 Å². The summed E-state index contributed by atoms with van der Waals surface area (Å²) < 4.78 is 0. The van der Waals surface area contributed by atoms with Gasteiger partial charge in [-0.1, -0.05) is 81.4 Å². The van der Waals surface area contributed by atoms with E-state index < -0.39 is 0 Å². The highest BCUT2D eigenvalue weighted by molar-refractivity contribution is 5.82. The van der Waals surface area contributed by atoms with E-state index in [1.807, 2.05) is 67.0 Å². The third-order valence-electron chi connectivity index (χ3n) is 5.81. The van der Waals surface area contributed by atoms with Crippen molar-refractivity contribution >= 4 is 11.8 Å². The first-order valence-corrected chi connectivity index (χ1v) is 11.0. The number of rotatable bonds is 6. The van der Waals surface area contributed by atoms with Crippen LogP contribution >= 0.6 is 0 Å². The highest BCUT2D eigenvalue weighted by Crippen LogP contribution is 2.25. The van der Waals surface area contributed by atoms with Crippen molar-refractivity contribution in [1.82, 2.24) is 9.80 Å². The van der Waals surface area contributed by atoms with Gasteiger partial charge in [-0.25, -0.2) is 0 Å². The number of hydrogen-bond donors (Lipinski definition) is 0. The summed E-state index contributed by atoms with van der Waals surface area (Å²) >= 11 is 0. The summed E-state index contributed by atoms with van der Waals surface area (Å²) in [5.74, 6) is 0.393. The van der Waals surface area contributed by atoms with E-state index in [1.165, 1.54) is 5.56 Å². The molecule has 0 aliphatic carbocycles. The van der Waals surface area contributed by atoms with E-state index in [4.69, 9.17) is 0 Å². The van der Waals surface area contributed by atoms with Gasteiger partial charge in [0.2, 0.25) is 11.8 Å². The van der Waals surface area contributed by atoms with Gasteiger partial charge in [0.15, 0.2) is 0 Å². The minimum atomic E-state index is -0.369. The van der Waals surface area contributed by atoms with Gasteiger partial charge in [0.25, 0.3) is 0 Å². The number of carbonyl (C=O) groups is 2. The summed E-state index contributed by atoms with van der Waals surface area (Å²) in [5.41, 5.74) is 2.03. The number of likely N-dealkylation sites (tertiary alicyclic amines) is 1. The molecule has 30 heavy (non-hydrogen) atoms. The van der Waals surface area contributed by atoms with Crippen molar-refractivity contribution < 1.29 is 9.59 Å². The molecule has 0 spiro atoms. The van der Waals surface area contributed by atoms with Gasteiger partial charge in [-0.15, -0.1) is 0 Å². The second-order valence-electron chi connectivity index (χ2n) is 9.30. The van der Waals surface area contributed by atoms with Gasteiger partial charge in [-0.3, -0.25) is 9.59 Å². The van der Waals surface area contributed by atoms with Crippen LogP contribution in [0.15, 0.2) is 60.7 Å². The average molecular weight is 407 g/mol. The number of piperidine rings is 1. The van der Waals surface area contributed by atoms with Gasteiger partial charge < -0.3 is 9.80 Å². The molecule has 160 valence electrons. The van der Waals surface area contributed by atoms with Gasteiger partial charge in [0, 0.05) is 37.5 Å². The molecule has 1 heterocycles. The van der Waals surface area contributed by atoms with Crippen LogP contribution in [0.25, 0.3) is 0 Å². The maximum absolute atomic E-state index is 13.4. The Morgan fingerprint density at radius 3 is 1.97 bits per heavy atom. The lowest BCUT2D eigenvalue weighted by atomic mass is 9.90. The predicted molar refractivity (Wildman–Crippen MR) is 121 cm³/mol. The fourth-order valence-electron chi connectivity index (χ4n) is 4.04. The van der Waals surface area contributed by atoms with Crippen LogP contribution in [0.3, 0.4) is 0 Å². The molecule has 2 aromatic rings. The number of benzene rings is 2. The minimum Gasteiger partial charge on any atom is -0.342 e. The molecule has 2 amide bonds. The number of amides is 2. The summed E-state index contributed by atoms with van der Waals surface area (Å²) in [5, 5.41) is 0. The first kappa shape index (κ1) is 22.1. The second-order valence-corrected chi connectivity index (χ2v) is 9.30. The van der Waals surface area contributed by atoms with Gasteiger partial charge in [-0.2, -0.15) is 0 Å². The SMILES string of the molecule is CC(C)(C)C(=O)N1CCC(C(=O)N(CCc2ccccc2)Cc2ccccc2)CC1. The van der Waals surface area contributed by atoms with Crippen LogP contribution < -0.4 is 0 Å². The van der Waals surface area contributed by atoms with Crippen molar-refractivity contribution in [3.05, 3.63) is 71.8 Å². The lowest BCUT2D eigenvalue weighted by Gasteiger charge is -2.37. The van der Waals surface area contributed by atoms with Crippen molar-refractivity contribution in [2.24, 2.45) is 11.3 Å². The lowest BCUT2D eigenvalue weighted by molar-refractivity contribution is -0.145. The smallest absolute Gasteiger partial charge is 0.227 e. The fourth-order valence-corrected chi connectivity index (χ4v) is 4.04. The van der Waals surface area contributed by atoms with Crippen LogP contribution in [-0.4, -0.2) is 41.2 Å². The maximum Gasteiger partial charge on any atom is 0.227 e. The van der Waals surface area contributed by atoms with Crippen LogP contribution in [0.5, 0.6) is 0 Å². The van der Waals surface area contributed by atoms with Crippen LogP contribution in [0.4, 0.5) is 0 Å². The third kappa shape index (κ3) is 5.94. The molecule has 0 atom stereocenters. The molecular formula is C26H34N2O2. The normalized spacial score (nSPS) is 15.1. The Bertz CT molecular complexity index is 819. The van der Waals surface area contributed by atoms with E-state index in [-0.39, 0.29) is 23.1 Å². The Kier molecular flexibility index (Phi) is 7.30. The third-order valence-corrected chi connectivity index (χ3v) is 5.81. The van der Waals surface area contributed by atoms with Crippen molar-refractivity contribution in [1.29, 1.82) is 0 Å². The van der Waals surface area contributed by atoms with Crippen molar-refractivity contribution in [3.8, 4) is 0 Å². The number of carbonyl (C=O) groups excluding carboxylic acids is 2. The average Bonchev–Trinajstić information content (AvgIpc) is 2.76. The van der Waals surface area contributed by atoms with Crippen LogP contribution in [0, 0.1) is 11.3 Å². The van der Waals surface area contributed by atoms with Crippen molar-refractivity contribution in [2.75, 3.05) is 19.6 Å². The molecule has 0 unspecified atom stereocenters. The Labute approximate surface area is 180 Å². The summed E-state index contributed by atoms with van der Waals surface area (Å²) in [6.07, 6.45) is 2.34. The van der Waals surface area contributed by atoms with Gasteiger partial charge in [0.1, 0.15) is 0 Å². The van der Waals surface area contributed by atoms with E-state index >= 15 is 0 Å². The molecule has 2 aromatic carbocycles. The zero-order chi connectivity index (χ0) is 21.6. The van der Waals surface area contributed by atoms with E-state index in [9.17, 15) is 9.59 Å². The molecule has 4 heteroatoms. The first-order chi connectivity index (χ1) is 14.3. The van der Waals surface area contributed by atoms with E-state index in [1.54, 1.807) is 0 Å². The highest BCUT2D eigenvalue weighted by atomic mass is 16.2. The molecule has 4 nitrogen and oxygen atoms in total. The van der Waals surface area contributed by atoms with Crippen LogP contribution in [-0.2, 0) is 22.6 Å². The van der Waals surface area contributed by atoms with Crippen molar-refractivity contribution in [3.63, 3.8) is 0 Å². The summed E-state index contributed by atoms with van der Waals surface area (Å²) in [4.78, 5) is 29.9. The Morgan fingerprint density at radius 2 is 1.43 bits per heavy atom. The molecule has 1 fully saturated rings. The molecule has 0 aromatic heterocycles. The molecule has 0 radical (unpaired) electrons. The first-order valence-electron chi connectivity index (χ1n) is 11.0. The predicted octanol–water partition coefficient (Wildman–Crippen LogP) is 4.54. The van der Waals surface area contributed by atoms with Crippen LogP contribution in [0.2, 0.25) is 0 Å².